The first-order valence-corrected chi connectivity index (χ1v) is 8.97. The second-order valence-electron chi connectivity index (χ2n) is 6.71. The van der Waals surface area contributed by atoms with Crippen LogP contribution in [0.5, 0.6) is 0 Å². The molecule has 1 amide bonds. The molecule has 126 valence electrons. The maximum absolute atomic E-state index is 12.3. The summed E-state index contributed by atoms with van der Waals surface area (Å²) in [6.45, 7) is 5.21. The Labute approximate surface area is 139 Å². The summed E-state index contributed by atoms with van der Waals surface area (Å²) in [4.78, 5) is 14.8. The summed E-state index contributed by atoms with van der Waals surface area (Å²) in [7, 11) is 0. The van der Waals surface area contributed by atoms with E-state index in [1.54, 1.807) is 0 Å². The summed E-state index contributed by atoms with van der Waals surface area (Å²) in [6.07, 6.45) is 5.80. The predicted molar refractivity (Wildman–Crippen MR) is 91.0 cm³/mol. The van der Waals surface area contributed by atoms with E-state index in [0.717, 1.165) is 45.7 Å². The van der Waals surface area contributed by atoms with Crippen molar-refractivity contribution in [2.75, 3.05) is 26.3 Å². The fourth-order valence-electron chi connectivity index (χ4n) is 3.58. The van der Waals surface area contributed by atoms with E-state index in [1.165, 1.54) is 30.4 Å². The lowest BCUT2D eigenvalue weighted by atomic mass is 9.88. The zero-order valence-electron chi connectivity index (χ0n) is 13.9. The van der Waals surface area contributed by atoms with E-state index in [4.69, 9.17) is 4.74 Å². The Hall–Kier alpha value is -1.39. The molecule has 23 heavy (non-hydrogen) atoms. The zero-order valence-corrected chi connectivity index (χ0v) is 13.9. The van der Waals surface area contributed by atoms with Crippen LogP contribution in [-0.2, 0) is 22.6 Å². The van der Waals surface area contributed by atoms with Crippen molar-refractivity contribution in [1.29, 1.82) is 0 Å². The number of nitrogens with one attached hydrogen (secondary N) is 1. The number of rotatable bonds is 5. The molecule has 3 rings (SSSR count). The number of nitrogens with zero attached hydrogens (tertiary/aromatic N) is 1. The van der Waals surface area contributed by atoms with Crippen molar-refractivity contribution in [3.63, 3.8) is 0 Å². The van der Waals surface area contributed by atoms with Gasteiger partial charge in [-0.3, -0.25) is 9.69 Å². The lowest BCUT2D eigenvalue weighted by molar-refractivity contribution is -0.126. The smallest absolute Gasteiger partial charge is 0.223 e. The molecule has 4 nitrogen and oxygen atoms in total. The fraction of sp³-hybridized carbons (Fsp3) is 0.632. The minimum absolute atomic E-state index is 0.232. The molecule has 0 spiro atoms. The van der Waals surface area contributed by atoms with Gasteiger partial charge in [0.2, 0.25) is 5.91 Å². The van der Waals surface area contributed by atoms with Crippen molar-refractivity contribution in [2.24, 2.45) is 5.92 Å². The van der Waals surface area contributed by atoms with Gasteiger partial charge in [0, 0.05) is 32.1 Å². The Morgan fingerprint density at radius 3 is 2.52 bits per heavy atom. The molecule has 2 fully saturated rings. The van der Waals surface area contributed by atoms with Crippen molar-refractivity contribution >= 4 is 5.91 Å². The summed E-state index contributed by atoms with van der Waals surface area (Å²) in [5.74, 6) is 0.473. The summed E-state index contributed by atoms with van der Waals surface area (Å²) in [5.41, 5.74) is 2.56. The van der Waals surface area contributed by atoms with Gasteiger partial charge < -0.3 is 10.1 Å². The SMILES string of the molecule is O=C(NCc1ccccc1CN1CCOCC1)C1CCCCC1. The number of benzene rings is 1. The number of hydrogen-bond donors (Lipinski definition) is 1. The highest BCUT2D eigenvalue weighted by Gasteiger charge is 2.21. The van der Waals surface area contributed by atoms with Crippen molar-refractivity contribution in [3.05, 3.63) is 35.4 Å². The Kier molecular flexibility index (Phi) is 6.06. The first kappa shape index (κ1) is 16.5. The Morgan fingerprint density at radius 1 is 1.09 bits per heavy atom. The second kappa shape index (κ2) is 8.46. The maximum atomic E-state index is 12.3. The molecule has 1 aliphatic carbocycles. The molecule has 1 heterocycles. The highest BCUT2D eigenvalue weighted by atomic mass is 16.5. The van der Waals surface area contributed by atoms with Gasteiger partial charge in [-0.15, -0.1) is 0 Å². The molecule has 2 aliphatic rings. The molecule has 1 saturated heterocycles. The molecular weight excluding hydrogens is 288 g/mol. The van der Waals surface area contributed by atoms with Crippen molar-refractivity contribution in [2.45, 2.75) is 45.2 Å². The molecule has 0 radical (unpaired) electrons. The summed E-state index contributed by atoms with van der Waals surface area (Å²) >= 11 is 0. The lowest BCUT2D eigenvalue weighted by Gasteiger charge is -2.27. The standard InChI is InChI=1S/C19H28N2O2/c22-19(16-6-2-1-3-7-16)20-14-17-8-4-5-9-18(17)15-21-10-12-23-13-11-21/h4-5,8-9,16H,1-3,6-7,10-15H2,(H,20,22). The third-order valence-corrected chi connectivity index (χ3v) is 5.05. The van der Waals surface area contributed by atoms with E-state index in [2.05, 4.69) is 34.5 Å². The predicted octanol–water partition coefficient (Wildman–Crippen LogP) is 2.72. The molecule has 1 aromatic carbocycles. The van der Waals surface area contributed by atoms with Crippen molar-refractivity contribution < 1.29 is 9.53 Å². The van der Waals surface area contributed by atoms with Gasteiger partial charge in [0.25, 0.3) is 0 Å². The quantitative estimate of drug-likeness (QED) is 0.908. The van der Waals surface area contributed by atoms with Crippen LogP contribution >= 0.6 is 0 Å². The third-order valence-electron chi connectivity index (χ3n) is 5.05. The summed E-state index contributed by atoms with van der Waals surface area (Å²) in [5, 5.41) is 3.16. The molecule has 1 aliphatic heterocycles. The third kappa shape index (κ3) is 4.79. The van der Waals surface area contributed by atoms with Gasteiger partial charge in [-0.1, -0.05) is 43.5 Å². The average molecular weight is 316 g/mol. The van der Waals surface area contributed by atoms with E-state index in [-0.39, 0.29) is 11.8 Å². The van der Waals surface area contributed by atoms with Gasteiger partial charge in [0.15, 0.2) is 0 Å². The molecule has 0 atom stereocenters. The molecular formula is C19H28N2O2. The van der Waals surface area contributed by atoms with E-state index in [1.807, 2.05) is 0 Å². The summed E-state index contributed by atoms with van der Waals surface area (Å²) < 4.78 is 5.42. The van der Waals surface area contributed by atoms with Gasteiger partial charge in [-0.05, 0) is 24.0 Å². The molecule has 0 aromatic heterocycles. The first-order valence-electron chi connectivity index (χ1n) is 8.97. The number of carbonyl (C=O) groups excluding carboxylic acids is 1. The summed E-state index contributed by atoms with van der Waals surface area (Å²) in [6, 6.07) is 8.46. The molecule has 1 N–H and O–H groups in total. The van der Waals surface area contributed by atoms with Crippen LogP contribution in [-0.4, -0.2) is 37.1 Å². The number of morpholine rings is 1. The minimum atomic E-state index is 0.232. The van der Waals surface area contributed by atoms with Crippen LogP contribution in [0.2, 0.25) is 0 Å². The monoisotopic (exact) mass is 316 g/mol. The Bertz CT molecular complexity index is 506. The van der Waals surface area contributed by atoms with Gasteiger partial charge >= 0.3 is 0 Å². The van der Waals surface area contributed by atoms with Gasteiger partial charge in [0.1, 0.15) is 0 Å². The molecule has 4 heteroatoms. The number of hydrogen-bond acceptors (Lipinski definition) is 3. The highest BCUT2D eigenvalue weighted by Crippen LogP contribution is 2.23. The highest BCUT2D eigenvalue weighted by molar-refractivity contribution is 5.78. The minimum Gasteiger partial charge on any atom is -0.379 e. The van der Waals surface area contributed by atoms with Crippen LogP contribution in [0, 0.1) is 5.92 Å². The van der Waals surface area contributed by atoms with Crippen LogP contribution in [0.4, 0.5) is 0 Å². The van der Waals surface area contributed by atoms with E-state index < -0.39 is 0 Å². The largest absolute Gasteiger partial charge is 0.379 e. The van der Waals surface area contributed by atoms with Crippen molar-refractivity contribution in [1.82, 2.24) is 10.2 Å². The Balaban J connectivity index is 1.55. The first-order chi connectivity index (χ1) is 11.3. The molecule has 1 saturated carbocycles. The molecule has 0 bridgehead atoms. The molecule has 1 aromatic rings. The topological polar surface area (TPSA) is 41.6 Å². The number of ether oxygens (including phenoxy) is 1. The van der Waals surface area contributed by atoms with Gasteiger partial charge in [-0.25, -0.2) is 0 Å². The normalized spacial score (nSPS) is 20.3. The second-order valence-corrected chi connectivity index (χ2v) is 6.71. The van der Waals surface area contributed by atoms with Crippen LogP contribution in [0.3, 0.4) is 0 Å². The fourth-order valence-corrected chi connectivity index (χ4v) is 3.58. The lowest BCUT2D eigenvalue weighted by Crippen LogP contribution is -2.36. The maximum Gasteiger partial charge on any atom is 0.223 e. The van der Waals surface area contributed by atoms with E-state index >= 15 is 0 Å². The zero-order chi connectivity index (χ0) is 15.9. The van der Waals surface area contributed by atoms with E-state index in [9.17, 15) is 4.79 Å². The van der Waals surface area contributed by atoms with E-state index in [0.29, 0.717) is 6.54 Å². The van der Waals surface area contributed by atoms with Gasteiger partial charge in [0.05, 0.1) is 13.2 Å². The van der Waals surface area contributed by atoms with Crippen molar-refractivity contribution in [3.8, 4) is 0 Å². The van der Waals surface area contributed by atoms with Crippen LogP contribution < -0.4 is 5.32 Å². The average Bonchev–Trinajstić information content (AvgIpc) is 2.62. The van der Waals surface area contributed by atoms with Gasteiger partial charge in [-0.2, -0.15) is 0 Å². The molecule has 0 unspecified atom stereocenters. The van der Waals surface area contributed by atoms with Crippen LogP contribution in [0.25, 0.3) is 0 Å². The number of carbonyl (C=O) groups is 1. The van der Waals surface area contributed by atoms with Crippen LogP contribution in [0.1, 0.15) is 43.2 Å². The van der Waals surface area contributed by atoms with Crippen LogP contribution in [0.15, 0.2) is 24.3 Å². The Morgan fingerprint density at radius 2 is 1.78 bits per heavy atom. The number of amides is 1.